The third-order valence-corrected chi connectivity index (χ3v) is 7.59. The maximum Gasteiger partial charge on any atom is 0.235 e. The van der Waals surface area contributed by atoms with Crippen molar-refractivity contribution >= 4 is 29.0 Å². The number of primary amides is 1. The van der Waals surface area contributed by atoms with Crippen molar-refractivity contribution < 1.29 is 34.2 Å². The molecule has 3 aliphatic carbocycles. The smallest absolute Gasteiger partial charge is 0.235 e. The number of nitrogens with two attached hydrogens (primary N) is 2. The fourth-order valence-corrected chi connectivity index (χ4v) is 5.92. The van der Waals surface area contributed by atoms with Gasteiger partial charge in [-0.2, -0.15) is 0 Å². The Balaban J connectivity index is 1.82. The summed E-state index contributed by atoms with van der Waals surface area (Å²) in [5.41, 5.74) is 10.3. The number of aryl methyl sites for hydroxylation is 1. The summed E-state index contributed by atoms with van der Waals surface area (Å²) in [7, 11) is 0. The summed E-state index contributed by atoms with van der Waals surface area (Å²) in [6.45, 7) is 2.04. The second-order valence-electron chi connectivity index (χ2n) is 9.44. The highest BCUT2D eigenvalue weighted by atomic mass is 16.3. The number of rotatable bonds is 5. The number of carbonyl (C=O) groups excluding carboxylic acids is 5. The number of hydrogen-bond donors (Lipinski definition) is 4. The van der Waals surface area contributed by atoms with Crippen LogP contribution in [0.4, 0.5) is 0 Å². The Morgan fingerprint density at radius 3 is 2.45 bits per heavy atom. The van der Waals surface area contributed by atoms with Crippen LogP contribution < -0.4 is 11.5 Å². The normalized spacial score (nSPS) is 31.1. The van der Waals surface area contributed by atoms with Crippen LogP contribution in [0, 0.1) is 23.7 Å². The molecule has 176 valence electrons. The maximum absolute atomic E-state index is 13.6. The van der Waals surface area contributed by atoms with Crippen molar-refractivity contribution in [3.05, 3.63) is 28.3 Å². The van der Waals surface area contributed by atoms with Gasteiger partial charge in [0.05, 0.1) is 11.5 Å². The number of fused-ring (bicyclic) bond motifs is 3. The fraction of sp³-hybridized carbons (Fsp3) is 0.542. The van der Waals surface area contributed by atoms with Crippen LogP contribution in [0.3, 0.4) is 0 Å². The van der Waals surface area contributed by atoms with Gasteiger partial charge in [0.15, 0.2) is 34.7 Å². The largest absolute Gasteiger partial charge is 0.507 e. The van der Waals surface area contributed by atoms with Gasteiger partial charge in [0.25, 0.3) is 0 Å². The molecule has 0 saturated heterocycles. The minimum absolute atomic E-state index is 0.000457. The van der Waals surface area contributed by atoms with Gasteiger partial charge >= 0.3 is 0 Å². The molecule has 2 saturated carbocycles. The molecule has 0 aliphatic heterocycles. The van der Waals surface area contributed by atoms with E-state index in [1.807, 2.05) is 6.92 Å². The zero-order chi connectivity index (χ0) is 24.2. The van der Waals surface area contributed by atoms with Crippen molar-refractivity contribution in [3.8, 4) is 5.75 Å². The number of hydrogen-bond acceptors (Lipinski definition) is 8. The molecule has 0 bridgehead atoms. The Hall–Kier alpha value is -2.91. The van der Waals surface area contributed by atoms with Gasteiger partial charge in [-0.1, -0.05) is 19.4 Å². The van der Waals surface area contributed by atoms with E-state index in [2.05, 4.69) is 0 Å². The van der Waals surface area contributed by atoms with Crippen LogP contribution in [-0.4, -0.2) is 44.9 Å². The molecule has 2 fully saturated rings. The summed E-state index contributed by atoms with van der Waals surface area (Å²) in [4.78, 5) is 64.1. The van der Waals surface area contributed by atoms with Gasteiger partial charge in [-0.25, -0.2) is 0 Å². The molecule has 1 aromatic rings. The van der Waals surface area contributed by atoms with E-state index in [1.165, 1.54) is 0 Å². The molecule has 1 aromatic carbocycles. The Morgan fingerprint density at radius 1 is 1.15 bits per heavy atom. The topological polar surface area (TPSA) is 178 Å². The van der Waals surface area contributed by atoms with E-state index in [-0.39, 0.29) is 30.7 Å². The first-order valence-electron chi connectivity index (χ1n) is 11.3. The SMILES string of the molecule is CCCCc1cc(CN)c(O)c2c1C[C@H]1C[C@H]3CC(=O)C(C(N)=O)C(=O)[C@@]3(O)C(=O)C1C2=O. The van der Waals surface area contributed by atoms with Gasteiger partial charge in [0, 0.05) is 24.4 Å². The summed E-state index contributed by atoms with van der Waals surface area (Å²) >= 11 is 0. The third kappa shape index (κ3) is 3.25. The van der Waals surface area contributed by atoms with Crippen LogP contribution in [0.15, 0.2) is 6.07 Å². The molecule has 1 amide bonds. The molecule has 0 radical (unpaired) electrons. The highest BCUT2D eigenvalue weighted by molar-refractivity contribution is 6.31. The summed E-state index contributed by atoms with van der Waals surface area (Å²) in [5.74, 6) is -9.97. The summed E-state index contributed by atoms with van der Waals surface area (Å²) in [6, 6.07) is 1.80. The van der Waals surface area contributed by atoms with Crippen LogP contribution >= 0.6 is 0 Å². The second-order valence-corrected chi connectivity index (χ2v) is 9.44. The van der Waals surface area contributed by atoms with Crippen LogP contribution in [0.2, 0.25) is 0 Å². The lowest BCUT2D eigenvalue weighted by atomic mass is 9.53. The predicted molar refractivity (Wildman–Crippen MR) is 115 cm³/mol. The molecule has 0 spiro atoms. The molecule has 0 heterocycles. The molecule has 33 heavy (non-hydrogen) atoms. The van der Waals surface area contributed by atoms with E-state index in [1.54, 1.807) is 6.07 Å². The lowest BCUT2D eigenvalue weighted by molar-refractivity contribution is -0.175. The minimum atomic E-state index is -2.63. The molecular formula is C24H28N2O7. The number of phenolic OH excluding ortho intramolecular Hbond substituents is 1. The van der Waals surface area contributed by atoms with Gasteiger partial charge in [-0.15, -0.1) is 0 Å². The summed E-state index contributed by atoms with van der Waals surface area (Å²) in [5, 5.41) is 22.0. The van der Waals surface area contributed by atoms with Gasteiger partial charge < -0.3 is 21.7 Å². The van der Waals surface area contributed by atoms with E-state index in [4.69, 9.17) is 11.5 Å². The number of benzene rings is 1. The van der Waals surface area contributed by atoms with Gasteiger partial charge in [-0.3, -0.25) is 24.0 Å². The number of aliphatic hydroxyl groups is 1. The number of phenols is 1. The van der Waals surface area contributed by atoms with Crippen molar-refractivity contribution in [1.82, 2.24) is 0 Å². The molecule has 3 aliphatic rings. The van der Waals surface area contributed by atoms with Crippen LogP contribution in [-0.2, 0) is 38.6 Å². The van der Waals surface area contributed by atoms with Gasteiger partial charge in [0.1, 0.15) is 5.75 Å². The first-order chi connectivity index (χ1) is 15.6. The minimum Gasteiger partial charge on any atom is -0.507 e. The van der Waals surface area contributed by atoms with E-state index in [9.17, 15) is 34.2 Å². The number of Topliss-reactive ketones (excluding diaryl/α,β-unsaturated/α-hetero) is 4. The Labute approximate surface area is 190 Å². The predicted octanol–water partition coefficient (Wildman–Crippen LogP) is 0.128. The maximum atomic E-state index is 13.6. The molecule has 2 unspecified atom stereocenters. The van der Waals surface area contributed by atoms with Gasteiger partial charge in [0.2, 0.25) is 5.91 Å². The molecule has 0 aromatic heterocycles. The van der Waals surface area contributed by atoms with Crippen LogP contribution in [0.25, 0.3) is 0 Å². The zero-order valence-electron chi connectivity index (χ0n) is 18.4. The first kappa shape index (κ1) is 23.3. The molecule has 9 nitrogen and oxygen atoms in total. The molecular weight excluding hydrogens is 428 g/mol. The number of amides is 1. The Morgan fingerprint density at radius 2 is 1.85 bits per heavy atom. The molecule has 6 N–H and O–H groups in total. The molecule has 9 heteroatoms. The standard InChI is InChI=1S/C24H28N2O7/c1-2-3-4-10-5-12(9-25)19(28)17-14(10)7-11-6-13-8-15(27)18(23(26)32)22(31)24(13,33)21(30)16(11)20(17)29/h5,11,13,16,18,28,33H,2-4,6-9,25H2,1H3,(H2,26,32)/t11-,13+,16?,18?,24+/m1/s1. The lowest BCUT2D eigenvalue weighted by Gasteiger charge is -2.48. The summed E-state index contributed by atoms with van der Waals surface area (Å²) < 4.78 is 0. The molecule has 5 atom stereocenters. The Kier molecular flexibility index (Phi) is 5.74. The number of carbonyl (C=O) groups is 5. The quantitative estimate of drug-likeness (QED) is 0.451. The second kappa shape index (κ2) is 8.14. The van der Waals surface area contributed by atoms with Crippen molar-refractivity contribution in [2.75, 3.05) is 0 Å². The highest BCUT2D eigenvalue weighted by Crippen LogP contribution is 2.50. The van der Waals surface area contributed by atoms with Crippen molar-refractivity contribution in [2.24, 2.45) is 35.1 Å². The number of unbranched alkanes of at least 4 members (excludes halogenated alkanes) is 1. The summed E-state index contributed by atoms with van der Waals surface area (Å²) in [6.07, 6.45) is 2.51. The molecule has 4 rings (SSSR count). The van der Waals surface area contributed by atoms with Gasteiger partial charge in [-0.05, 0) is 42.7 Å². The average molecular weight is 456 g/mol. The van der Waals surface area contributed by atoms with E-state index in [0.29, 0.717) is 24.0 Å². The van der Waals surface area contributed by atoms with Crippen molar-refractivity contribution in [2.45, 2.75) is 57.6 Å². The lowest BCUT2D eigenvalue weighted by Crippen LogP contribution is -2.68. The van der Waals surface area contributed by atoms with E-state index >= 15 is 0 Å². The van der Waals surface area contributed by atoms with Crippen molar-refractivity contribution in [3.63, 3.8) is 0 Å². The third-order valence-electron chi connectivity index (χ3n) is 7.59. The van der Waals surface area contributed by atoms with Crippen LogP contribution in [0.1, 0.15) is 59.7 Å². The van der Waals surface area contributed by atoms with E-state index in [0.717, 1.165) is 18.4 Å². The zero-order valence-corrected chi connectivity index (χ0v) is 18.4. The Bertz CT molecular complexity index is 1090. The average Bonchev–Trinajstić information content (AvgIpc) is 2.75. The van der Waals surface area contributed by atoms with Crippen molar-refractivity contribution in [1.29, 1.82) is 0 Å². The number of aromatic hydroxyl groups is 1. The first-order valence-corrected chi connectivity index (χ1v) is 11.3. The number of ketones is 4. The van der Waals surface area contributed by atoms with E-state index < -0.39 is 58.3 Å². The fourth-order valence-electron chi connectivity index (χ4n) is 5.92. The highest BCUT2D eigenvalue weighted by Gasteiger charge is 2.66. The van der Waals surface area contributed by atoms with Crippen LogP contribution in [0.5, 0.6) is 5.75 Å². The monoisotopic (exact) mass is 456 g/mol.